The lowest BCUT2D eigenvalue weighted by atomic mass is 10.1. The maximum atomic E-state index is 12.2. The van der Waals surface area contributed by atoms with Crippen LogP contribution in [-0.2, 0) is 0 Å². The molecule has 1 aromatic carbocycles. The van der Waals surface area contributed by atoms with Crippen molar-refractivity contribution in [3.05, 3.63) is 34.8 Å². The summed E-state index contributed by atoms with van der Waals surface area (Å²) in [4.78, 5) is 16.2. The molecule has 0 saturated carbocycles. The SMILES string of the molecule is Cc1cc2c(cc1C(=O)Nc1nccs1)OCCO2. The van der Waals surface area contributed by atoms with Gasteiger partial charge < -0.3 is 9.47 Å². The summed E-state index contributed by atoms with van der Waals surface area (Å²) in [6.45, 7) is 2.91. The van der Waals surface area contributed by atoms with Gasteiger partial charge in [-0.05, 0) is 24.6 Å². The van der Waals surface area contributed by atoms with Crippen LogP contribution in [0.25, 0.3) is 0 Å². The first kappa shape index (κ1) is 12.0. The first-order valence-electron chi connectivity index (χ1n) is 5.85. The number of amides is 1. The van der Waals surface area contributed by atoms with E-state index in [9.17, 15) is 4.79 Å². The second-order valence-corrected chi connectivity index (χ2v) is 5.00. The maximum Gasteiger partial charge on any atom is 0.257 e. The number of thiazole rings is 1. The van der Waals surface area contributed by atoms with Crippen molar-refractivity contribution in [2.24, 2.45) is 0 Å². The summed E-state index contributed by atoms with van der Waals surface area (Å²) in [5, 5.41) is 5.15. The first-order chi connectivity index (χ1) is 9.24. The molecule has 0 aliphatic carbocycles. The second-order valence-electron chi connectivity index (χ2n) is 4.10. The molecule has 1 aliphatic rings. The van der Waals surface area contributed by atoms with E-state index in [4.69, 9.17) is 9.47 Å². The molecule has 98 valence electrons. The highest BCUT2D eigenvalue weighted by atomic mass is 32.1. The van der Waals surface area contributed by atoms with Gasteiger partial charge in [-0.15, -0.1) is 11.3 Å². The van der Waals surface area contributed by atoms with Crippen LogP contribution in [0, 0.1) is 6.92 Å². The van der Waals surface area contributed by atoms with Gasteiger partial charge in [-0.2, -0.15) is 0 Å². The third-order valence-electron chi connectivity index (χ3n) is 2.79. The Kier molecular flexibility index (Phi) is 3.08. The second kappa shape index (κ2) is 4.89. The number of fused-ring (bicyclic) bond motifs is 1. The average molecular weight is 276 g/mol. The third-order valence-corrected chi connectivity index (χ3v) is 3.48. The number of aryl methyl sites for hydroxylation is 1. The summed E-state index contributed by atoms with van der Waals surface area (Å²) in [6.07, 6.45) is 1.65. The molecule has 3 rings (SSSR count). The molecule has 0 fully saturated rings. The Hall–Kier alpha value is -2.08. The molecule has 1 aromatic heterocycles. The molecule has 2 aromatic rings. The number of carbonyl (C=O) groups is 1. The number of benzene rings is 1. The molecule has 0 bridgehead atoms. The Bertz CT molecular complexity index is 611. The van der Waals surface area contributed by atoms with Crippen LogP contribution in [-0.4, -0.2) is 24.1 Å². The van der Waals surface area contributed by atoms with Gasteiger partial charge in [0.25, 0.3) is 5.91 Å². The van der Waals surface area contributed by atoms with E-state index >= 15 is 0 Å². The van der Waals surface area contributed by atoms with Crippen molar-refractivity contribution in [1.29, 1.82) is 0 Å². The molecule has 6 heteroatoms. The quantitative estimate of drug-likeness (QED) is 0.915. The minimum atomic E-state index is -0.190. The van der Waals surface area contributed by atoms with Crippen LogP contribution in [0.3, 0.4) is 0 Å². The maximum absolute atomic E-state index is 12.2. The Labute approximate surface area is 114 Å². The molecule has 0 spiro atoms. The molecule has 1 aliphatic heterocycles. The van der Waals surface area contributed by atoms with Gasteiger partial charge in [0.2, 0.25) is 0 Å². The molecule has 0 atom stereocenters. The van der Waals surface area contributed by atoms with E-state index in [1.54, 1.807) is 12.3 Å². The van der Waals surface area contributed by atoms with Gasteiger partial charge in [-0.3, -0.25) is 10.1 Å². The summed E-state index contributed by atoms with van der Waals surface area (Å²) in [7, 11) is 0. The highest BCUT2D eigenvalue weighted by molar-refractivity contribution is 7.13. The van der Waals surface area contributed by atoms with E-state index in [-0.39, 0.29) is 5.91 Å². The van der Waals surface area contributed by atoms with Gasteiger partial charge >= 0.3 is 0 Å². The largest absolute Gasteiger partial charge is 0.486 e. The van der Waals surface area contributed by atoms with Gasteiger partial charge in [0.1, 0.15) is 13.2 Å². The topological polar surface area (TPSA) is 60.5 Å². The van der Waals surface area contributed by atoms with E-state index in [1.807, 2.05) is 18.4 Å². The van der Waals surface area contributed by atoms with Crippen LogP contribution in [0.4, 0.5) is 5.13 Å². The van der Waals surface area contributed by atoms with Crippen molar-refractivity contribution >= 4 is 22.4 Å². The molecule has 0 radical (unpaired) electrons. The van der Waals surface area contributed by atoms with E-state index in [1.165, 1.54) is 11.3 Å². The number of hydrogen-bond acceptors (Lipinski definition) is 5. The molecule has 5 nitrogen and oxygen atoms in total. The predicted octanol–water partition coefficient (Wildman–Crippen LogP) is 2.48. The lowest BCUT2D eigenvalue weighted by molar-refractivity contribution is 0.102. The van der Waals surface area contributed by atoms with Crippen LogP contribution in [0.5, 0.6) is 11.5 Å². The van der Waals surface area contributed by atoms with Crippen LogP contribution in [0.2, 0.25) is 0 Å². The fraction of sp³-hybridized carbons (Fsp3) is 0.231. The van der Waals surface area contributed by atoms with Crippen molar-refractivity contribution in [3.8, 4) is 11.5 Å². The van der Waals surface area contributed by atoms with E-state index in [0.29, 0.717) is 35.4 Å². The zero-order valence-corrected chi connectivity index (χ0v) is 11.1. The van der Waals surface area contributed by atoms with Crippen molar-refractivity contribution in [1.82, 2.24) is 4.98 Å². The third kappa shape index (κ3) is 2.39. The Morgan fingerprint density at radius 2 is 2.05 bits per heavy atom. The smallest absolute Gasteiger partial charge is 0.257 e. The van der Waals surface area contributed by atoms with E-state index < -0.39 is 0 Å². The Morgan fingerprint density at radius 1 is 1.32 bits per heavy atom. The number of hydrogen-bond donors (Lipinski definition) is 1. The van der Waals surface area contributed by atoms with Crippen molar-refractivity contribution in [3.63, 3.8) is 0 Å². The molecule has 0 unspecified atom stereocenters. The number of rotatable bonds is 2. The summed E-state index contributed by atoms with van der Waals surface area (Å²) in [5.41, 5.74) is 1.41. The van der Waals surface area contributed by atoms with E-state index in [2.05, 4.69) is 10.3 Å². The number of anilines is 1. The van der Waals surface area contributed by atoms with Crippen LogP contribution in [0.1, 0.15) is 15.9 Å². The number of nitrogens with one attached hydrogen (secondary N) is 1. The average Bonchev–Trinajstić information content (AvgIpc) is 2.90. The Balaban J connectivity index is 1.89. The molecule has 19 heavy (non-hydrogen) atoms. The van der Waals surface area contributed by atoms with Crippen molar-refractivity contribution in [2.75, 3.05) is 18.5 Å². The summed E-state index contributed by atoms with van der Waals surface area (Å²) in [6, 6.07) is 3.54. The van der Waals surface area contributed by atoms with Gasteiger partial charge in [-0.25, -0.2) is 4.98 Å². The Morgan fingerprint density at radius 3 is 2.74 bits per heavy atom. The highest BCUT2D eigenvalue weighted by Crippen LogP contribution is 2.33. The number of carbonyl (C=O) groups excluding carboxylic acids is 1. The zero-order chi connectivity index (χ0) is 13.2. The molecule has 1 amide bonds. The van der Waals surface area contributed by atoms with Gasteiger partial charge in [0, 0.05) is 17.1 Å². The summed E-state index contributed by atoms with van der Waals surface area (Å²) in [5.74, 6) is 1.11. The monoisotopic (exact) mass is 276 g/mol. The molecule has 1 N–H and O–H groups in total. The lowest BCUT2D eigenvalue weighted by Gasteiger charge is -2.20. The van der Waals surface area contributed by atoms with Gasteiger partial charge in [0.15, 0.2) is 16.6 Å². The first-order valence-corrected chi connectivity index (χ1v) is 6.73. The zero-order valence-electron chi connectivity index (χ0n) is 10.3. The number of aromatic nitrogens is 1. The molecule has 0 saturated heterocycles. The standard InChI is InChI=1S/C13H12N2O3S/c1-8-6-10-11(18-4-3-17-10)7-9(8)12(16)15-13-14-2-5-19-13/h2,5-7H,3-4H2,1H3,(H,14,15,16). The number of nitrogens with zero attached hydrogens (tertiary/aromatic N) is 1. The van der Waals surface area contributed by atoms with Crippen molar-refractivity contribution < 1.29 is 14.3 Å². The van der Waals surface area contributed by atoms with Gasteiger partial charge in [-0.1, -0.05) is 0 Å². The highest BCUT2D eigenvalue weighted by Gasteiger charge is 2.18. The fourth-order valence-corrected chi connectivity index (χ4v) is 2.41. The molecule has 2 heterocycles. The number of ether oxygens (including phenoxy) is 2. The van der Waals surface area contributed by atoms with Crippen molar-refractivity contribution in [2.45, 2.75) is 6.92 Å². The van der Waals surface area contributed by atoms with E-state index in [0.717, 1.165) is 5.56 Å². The normalized spacial score (nSPS) is 13.1. The van der Waals surface area contributed by atoms with Crippen LogP contribution < -0.4 is 14.8 Å². The van der Waals surface area contributed by atoms with Crippen LogP contribution >= 0.6 is 11.3 Å². The van der Waals surface area contributed by atoms with Crippen LogP contribution in [0.15, 0.2) is 23.7 Å². The summed E-state index contributed by atoms with van der Waals surface area (Å²) >= 11 is 1.38. The molecular formula is C13H12N2O3S. The minimum Gasteiger partial charge on any atom is -0.486 e. The minimum absolute atomic E-state index is 0.190. The van der Waals surface area contributed by atoms with Gasteiger partial charge in [0.05, 0.1) is 0 Å². The molecular weight excluding hydrogens is 264 g/mol. The predicted molar refractivity (Wildman–Crippen MR) is 72.2 cm³/mol. The summed E-state index contributed by atoms with van der Waals surface area (Å²) < 4.78 is 11.0. The fourth-order valence-electron chi connectivity index (χ4n) is 1.88. The lowest BCUT2D eigenvalue weighted by Crippen LogP contribution is -2.18.